The van der Waals surface area contributed by atoms with Gasteiger partial charge >= 0.3 is 5.97 Å². The van der Waals surface area contributed by atoms with Crippen LogP contribution in [0.5, 0.6) is 0 Å². The fourth-order valence-corrected chi connectivity index (χ4v) is 4.74. The van der Waals surface area contributed by atoms with E-state index in [1.54, 1.807) is 6.07 Å². The molecule has 0 aliphatic rings. The number of sulfone groups is 1. The van der Waals surface area contributed by atoms with E-state index >= 15 is 0 Å². The van der Waals surface area contributed by atoms with Crippen LogP contribution in [0.4, 0.5) is 5.69 Å². The molecule has 152 valence electrons. The Balaban J connectivity index is 2.49. The van der Waals surface area contributed by atoms with Crippen LogP contribution in [0.1, 0.15) is 33.9 Å². The number of nitrogens with one attached hydrogen (secondary N) is 1. The molecule has 0 atom stereocenters. The highest BCUT2D eigenvalue weighted by Crippen LogP contribution is 2.34. The highest BCUT2D eigenvalue weighted by Gasteiger charge is 2.29. The van der Waals surface area contributed by atoms with Crippen LogP contribution in [0.25, 0.3) is 0 Å². The summed E-state index contributed by atoms with van der Waals surface area (Å²) in [6, 6.07) is 7.49. The number of halogens is 1. The fourth-order valence-electron chi connectivity index (χ4n) is 2.13. The average Bonchev–Trinajstić information content (AvgIpc) is 3.12. The zero-order valence-electron chi connectivity index (χ0n) is 15.6. The number of nitrogens with zero attached hydrogens (tertiary/aromatic N) is 2. The summed E-state index contributed by atoms with van der Waals surface area (Å²) in [7, 11) is -2.62. The molecule has 1 aromatic carbocycles. The second-order valence-electron chi connectivity index (χ2n) is 5.91. The third-order valence-electron chi connectivity index (χ3n) is 3.76. The zero-order chi connectivity index (χ0) is 21.8. The number of ketones is 1. The first-order chi connectivity index (χ1) is 13.6. The molecule has 0 aliphatic heterocycles. The number of carbonyl (C=O) groups excluding carboxylic acids is 2. The number of rotatable bonds is 7. The van der Waals surface area contributed by atoms with Crippen LogP contribution in [0.3, 0.4) is 0 Å². The number of ether oxygens (including phenoxy) is 1. The molecule has 1 N–H and O–H groups in total. The number of benzene rings is 1. The number of hydrazone groups is 1. The lowest BCUT2D eigenvalue weighted by Gasteiger charge is -2.10. The van der Waals surface area contributed by atoms with Crippen LogP contribution in [-0.4, -0.2) is 38.2 Å². The van der Waals surface area contributed by atoms with Crippen LogP contribution in [0, 0.1) is 11.3 Å². The van der Waals surface area contributed by atoms with Gasteiger partial charge in [0.2, 0.25) is 11.5 Å². The number of esters is 1. The van der Waals surface area contributed by atoms with Gasteiger partial charge in [0.05, 0.1) is 12.4 Å². The Labute approximate surface area is 176 Å². The minimum absolute atomic E-state index is 0.0493. The van der Waals surface area contributed by atoms with E-state index in [2.05, 4.69) is 15.3 Å². The van der Waals surface area contributed by atoms with E-state index in [1.165, 1.54) is 43.5 Å². The first-order valence-corrected chi connectivity index (χ1v) is 10.9. The Morgan fingerprint density at radius 2 is 1.90 bits per heavy atom. The van der Waals surface area contributed by atoms with Gasteiger partial charge in [-0.25, -0.2) is 13.2 Å². The summed E-state index contributed by atoms with van der Waals surface area (Å²) in [5, 5.41) is 14.0. The number of methoxy groups -OCH3 is 1. The highest BCUT2D eigenvalue weighted by atomic mass is 35.5. The summed E-state index contributed by atoms with van der Waals surface area (Å²) in [5.74, 6) is -1.47. The van der Waals surface area contributed by atoms with Gasteiger partial charge in [0.1, 0.15) is 21.5 Å². The SMILES string of the molecule is COC(=O)c1scc(S(=O)(=O)C(C)C)c1NN=C(C#N)C(=O)c1ccc(Cl)cc1. The van der Waals surface area contributed by atoms with Gasteiger partial charge in [-0.15, -0.1) is 11.3 Å². The van der Waals surface area contributed by atoms with Crippen molar-refractivity contribution in [1.29, 1.82) is 5.26 Å². The monoisotopic (exact) mass is 453 g/mol. The quantitative estimate of drug-likeness (QED) is 0.294. The van der Waals surface area contributed by atoms with E-state index in [-0.39, 0.29) is 21.0 Å². The molecule has 0 saturated carbocycles. The fraction of sp³-hybridized carbons (Fsp3) is 0.222. The van der Waals surface area contributed by atoms with Gasteiger partial charge in [-0.1, -0.05) is 11.6 Å². The summed E-state index contributed by atoms with van der Waals surface area (Å²) in [5.41, 5.74) is 1.90. The maximum Gasteiger partial charge on any atom is 0.350 e. The molecular formula is C18H16ClN3O5S2. The lowest BCUT2D eigenvalue weighted by molar-refractivity contribution is 0.0607. The Kier molecular flexibility index (Phi) is 7.13. The number of hydrogen-bond acceptors (Lipinski definition) is 9. The minimum atomic E-state index is -3.77. The lowest BCUT2D eigenvalue weighted by atomic mass is 10.1. The molecule has 2 rings (SSSR count). The molecule has 0 spiro atoms. The molecule has 0 unspecified atom stereocenters. The second-order valence-corrected chi connectivity index (χ2v) is 9.70. The molecule has 2 aromatic rings. The molecule has 1 aromatic heterocycles. The predicted octanol–water partition coefficient (Wildman–Crippen LogP) is 3.54. The summed E-state index contributed by atoms with van der Waals surface area (Å²) < 4.78 is 29.9. The smallest absolute Gasteiger partial charge is 0.350 e. The normalized spacial score (nSPS) is 11.8. The highest BCUT2D eigenvalue weighted by molar-refractivity contribution is 7.92. The second kappa shape index (κ2) is 9.17. The Morgan fingerprint density at radius 3 is 2.41 bits per heavy atom. The molecule has 29 heavy (non-hydrogen) atoms. The Hall–Kier alpha value is -2.74. The number of thiophene rings is 1. The van der Waals surface area contributed by atoms with E-state index < -0.39 is 32.6 Å². The first-order valence-electron chi connectivity index (χ1n) is 8.11. The van der Waals surface area contributed by atoms with Crippen molar-refractivity contribution in [2.75, 3.05) is 12.5 Å². The molecule has 8 nitrogen and oxygen atoms in total. The summed E-state index contributed by atoms with van der Waals surface area (Å²) >= 11 is 6.64. The van der Waals surface area contributed by atoms with E-state index in [9.17, 15) is 23.3 Å². The molecule has 0 fully saturated rings. The van der Waals surface area contributed by atoms with Crippen molar-refractivity contribution in [1.82, 2.24) is 0 Å². The molecular weight excluding hydrogens is 438 g/mol. The molecule has 0 amide bonds. The molecule has 0 saturated heterocycles. The van der Waals surface area contributed by atoms with Crippen molar-refractivity contribution in [3.05, 3.63) is 45.1 Å². The van der Waals surface area contributed by atoms with Gasteiger partial charge in [0.15, 0.2) is 9.84 Å². The van der Waals surface area contributed by atoms with Gasteiger partial charge in [-0.2, -0.15) is 10.4 Å². The van der Waals surface area contributed by atoms with Gasteiger partial charge in [0, 0.05) is 16.0 Å². The average molecular weight is 454 g/mol. The topological polar surface area (TPSA) is 126 Å². The van der Waals surface area contributed by atoms with E-state index in [0.717, 1.165) is 18.4 Å². The van der Waals surface area contributed by atoms with Crippen molar-refractivity contribution in [3.8, 4) is 6.07 Å². The molecule has 1 heterocycles. The maximum absolute atomic E-state index is 12.6. The van der Waals surface area contributed by atoms with Crippen LogP contribution in [0.2, 0.25) is 5.02 Å². The number of carbonyl (C=O) groups is 2. The van der Waals surface area contributed by atoms with Gasteiger partial charge in [0.25, 0.3) is 0 Å². The van der Waals surface area contributed by atoms with E-state index in [4.69, 9.17) is 11.6 Å². The van der Waals surface area contributed by atoms with Crippen LogP contribution >= 0.6 is 22.9 Å². The van der Waals surface area contributed by atoms with E-state index in [1.807, 2.05) is 0 Å². The maximum atomic E-state index is 12.6. The summed E-state index contributed by atoms with van der Waals surface area (Å²) in [6.45, 7) is 2.98. The van der Waals surface area contributed by atoms with Gasteiger partial charge < -0.3 is 4.74 Å². The Morgan fingerprint density at radius 1 is 1.28 bits per heavy atom. The third kappa shape index (κ3) is 4.82. The number of hydrogen-bond donors (Lipinski definition) is 1. The van der Waals surface area contributed by atoms with Crippen molar-refractivity contribution in [2.24, 2.45) is 5.10 Å². The molecule has 11 heteroatoms. The van der Waals surface area contributed by atoms with Crippen molar-refractivity contribution >= 4 is 55.9 Å². The zero-order valence-corrected chi connectivity index (χ0v) is 18.0. The standard InChI is InChI=1S/C18H16ClN3O5S2/c1-10(2)29(25,26)14-9-28-17(18(24)27-3)15(14)22-21-13(8-20)16(23)11-4-6-12(19)7-5-11/h4-7,9-10,22H,1-3H3. The lowest BCUT2D eigenvalue weighted by Crippen LogP contribution is -2.17. The van der Waals surface area contributed by atoms with Crippen molar-refractivity contribution in [2.45, 2.75) is 24.0 Å². The molecule has 0 radical (unpaired) electrons. The van der Waals surface area contributed by atoms with Gasteiger partial charge in [-0.3, -0.25) is 10.2 Å². The van der Waals surface area contributed by atoms with Crippen LogP contribution < -0.4 is 5.43 Å². The largest absolute Gasteiger partial charge is 0.465 e. The number of nitriles is 1. The van der Waals surface area contributed by atoms with Crippen molar-refractivity contribution < 1.29 is 22.7 Å². The van der Waals surface area contributed by atoms with Crippen LogP contribution in [0.15, 0.2) is 39.6 Å². The first kappa shape index (κ1) is 22.5. The number of Topliss-reactive ketones (excluding diaryl/α,β-unsaturated/α-hetero) is 1. The molecule has 0 aliphatic carbocycles. The Bertz CT molecular complexity index is 1110. The molecule has 0 bridgehead atoms. The van der Waals surface area contributed by atoms with Gasteiger partial charge in [-0.05, 0) is 38.1 Å². The van der Waals surface area contributed by atoms with E-state index in [0.29, 0.717) is 5.02 Å². The van der Waals surface area contributed by atoms with Crippen molar-refractivity contribution in [3.63, 3.8) is 0 Å². The predicted molar refractivity (Wildman–Crippen MR) is 110 cm³/mol. The van der Waals surface area contributed by atoms with Crippen LogP contribution in [-0.2, 0) is 14.6 Å². The summed E-state index contributed by atoms with van der Waals surface area (Å²) in [4.78, 5) is 24.3. The minimum Gasteiger partial charge on any atom is -0.465 e. The number of anilines is 1. The third-order valence-corrected chi connectivity index (χ3v) is 7.30. The summed E-state index contributed by atoms with van der Waals surface area (Å²) in [6.07, 6.45) is 0.